The van der Waals surface area contributed by atoms with Crippen LogP contribution in [0.3, 0.4) is 0 Å². The monoisotopic (exact) mass is 273 g/mol. The molecule has 0 amide bonds. The first-order valence-electron chi connectivity index (χ1n) is 8.39. The first-order chi connectivity index (χ1) is 9.60. The Bertz CT molecular complexity index is 395. The first kappa shape index (κ1) is 15.6. The van der Waals surface area contributed by atoms with Crippen molar-refractivity contribution in [1.29, 1.82) is 0 Å². The highest BCUT2D eigenvalue weighted by Crippen LogP contribution is 2.43. The highest BCUT2D eigenvalue weighted by Gasteiger charge is 2.45. The van der Waals surface area contributed by atoms with Crippen molar-refractivity contribution in [3.63, 3.8) is 0 Å². The van der Waals surface area contributed by atoms with Gasteiger partial charge >= 0.3 is 0 Å². The molecule has 0 bridgehead atoms. The standard InChI is InChI=1S/C19H31N/c1-4-5-9-14-19(16-17-11-7-6-8-12-17)18(2,3)13-10-15-20-19/h6-8,11-12,20H,4-5,9-10,13-16H2,1-3H3. The lowest BCUT2D eigenvalue weighted by Gasteiger charge is -2.52. The Balaban J connectivity index is 2.18. The maximum absolute atomic E-state index is 3.93. The van der Waals surface area contributed by atoms with Gasteiger partial charge in [-0.3, -0.25) is 0 Å². The zero-order valence-corrected chi connectivity index (χ0v) is 13.5. The van der Waals surface area contributed by atoms with Crippen molar-refractivity contribution >= 4 is 0 Å². The molecule has 0 saturated carbocycles. The van der Waals surface area contributed by atoms with Crippen LogP contribution in [0.1, 0.15) is 64.9 Å². The molecule has 1 aliphatic rings. The van der Waals surface area contributed by atoms with E-state index < -0.39 is 0 Å². The number of nitrogens with one attached hydrogen (secondary N) is 1. The molecule has 0 aromatic heterocycles. The van der Waals surface area contributed by atoms with E-state index in [0.717, 1.165) is 0 Å². The molecule has 1 aliphatic heterocycles. The number of hydrogen-bond acceptors (Lipinski definition) is 1. The van der Waals surface area contributed by atoms with Gasteiger partial charge in [-0.2, -0.15) is 0 Å². The summed E-state index contributed by atoms with van der Waals surface area (Å²) in [4.78, 5) is 0. The van der Waals surface area contributed by atoms with E-state index in [2.05, 4.69) is 56.4 Å². The van der Waals surface area contributed by atoms with Gasteiger partial charge in [-0.1, -0.05) is 70.4 Å². The Kier molecular flexibility index (Phi) is 5.26. The van der Waals surface area contributed by atoms with E-state index in [-0.39, 0.29) is 5.54 Å². The molecule has 112 valence electrons. The predicted octanol–water partition coefficient (Wildman–Crippen LogP) is 4.96. The van der Waals surface area contributed by atoms with Gasteiger partial charge in [-0.05, 0) is 43.2 Å². The molecular weight excluding hydrogens is 242 g/mol. The smallest absolute Gasteiger partial charge is 0.0272 e. The second-order valence-electron chi connectivity index (χ2n) is 7.12. The fourth-order valence-electron chi connectivity index (χ4n) is 3.77. The average molecular weight is 273 g/mol. The van der Waals surface area contributed by atoms with Crippen LogP contribution in [0.25, 0.3) is 0 Å². The number of rotatable bonds is 6. The lowest BCUT2D eigenvalue weighted by atomic mass is 9.62. The first-order valence-corrected chi connectivity index (χ1v) is 8.39. The summed E-state index contributed by atoms with van der Waals surface area (Å²) in [5.41, 5.74) is 2.14. The minimum atomic E-state index is 0.280. The molecule has 1 aromatic carbocycles. The third kappa shape index (κ3) is 3.44. The molecule has 1 nitrogen and oxygen atoms in total. The molecule has 1 aromatic rings. The van der Waals surface area contributed by atoms with Crippen molar-refractivity contribution in [3.05, 3.63) is 35.9 Å². The topological polar surface area (TPSA) is 12.0 Å². The van der Waals surface area contributed by atoms with Gasteiger partial charge in [0.25, 0.3) is 0 Å². The summed E-state index contributed by atoms with van der Waals surface area (Å²) in [6, 6.07) is 11.0. The fraction of sp³-hybridized carbons (Fsp3) is 0.684. The number of benzene rings is 1. The van der Waals surface area contributed by atoms with Crippen LogP contribution >= 0.6 is 0 Å². The van der Waals surface area contributed by atoms with Crippen molar-refractivity contribution < 1.29 is 0 Å². The molecule has 0 radical (unpaired) electrons. The van der Waals surface area contributed by atoms with Crippen molar-refractivity contribution in [1.82, 2.24) is 5.32 Å². The van der Waals surface area contributed by atoms with Gasteiger partial charge in [0.05, 0.1) is 0 Å². The number of hydrogen-bond donors (Lipinski definition) is 1. The van der Waals surface area contributed by atoms with Gasteiger partial charge in [0.1, 0.15) is 0 Å². The molecule has 0 spiro atoms. The Morgan fingerprint density at radius 3 is 2.50 bits per heavy atom. The lowest BCUT2D eigenvalue weighted by molar-refractivity contribution is 0.0615. The van der Waals surface area contributed by atoms with E-state index in [4.69, 9.17) is 0 Å². The SMILES string of the molecule is CCCCCC1(Cc2ccccc2)NCCCC1(C)C. The largest absolute Gasteiger partial charge is 0.310 e. The molecule has 0 aliphatic carbocycles. The lowest BCUT2D eigenvalue weighted by Crippen LogP contribution is -2.60. The molecule has 1 N–H and O–H groups in total. The Hall–Kier alpha value is -0.820. The molecule has 1 unspecified atom stereocenters. The minimum Gasteiger partial charge on any atom is -0.310 e. The van der Waals surface area contributed by atoms with E-state index >= 15 is 0 Å². The molecule has 1 fully saturated rings. The zero-order chi connectivity index (χ0) is 14.5. The van der Waals surface area contributed by atoms with Crippen LogP contribution in [-0.2, 0) is 6.42 Å². The van der Waals surface area contributed by atoms with Crippen LogP contribution in [0.15, 0.2) is 30.3 Å². The molecular formula is C19H31N. The molecule has 2 rings (SSSR count). The second-order valence-corrected chi connectivity index (χ2v) is 7.12. The van der Waals surface area contributed by atoms with E-state index in [1.807, 2.05) is 0 Å². The normalized spacial score (nSPS) is 25.6. The highest BCUT2D eigenvalue weighted by atomic mass is 15.0. The van der Waals surface area contributed by atoms with Crippen LogP contribution in [-0.4, -0.2) is 12.1 Å². The van der Waals surface area contributed by atoms with Crippen LogP contribution in [0, 0.1) is 5.41 Å². The molecule has 1 saturated heterocycles. The maximum atomic E-state index is 3.93. The van der Waals surface area contributed by atoms with Crippen LogP contribution in [0.4, 0.5) is 0 Å². The summed E-state index contributed by atoms with van der Waals surface area (Å²) in [6.07, 6.45) is 9.15. The minimum absolute atomic E-state index is 0.280. The van der Waals surface area contributed by atoms with Crippen molar-refractivity contribution in [2.75, 3.05) is 6.54 Å². The van der Waals surface area contributed by atoms with Gasteiger partial charge in [0.2, 0.25) is 0 Å². The number of piperidine rings is 1. The van der Waals surface area contributed by atoms with Crippen LogP contribution < -0.4 is 5.32 Å². The van der Waals surface area contributed by atoms with Crippen molar-refractivity contribution in [2.24, 2.45) is 5.41 Å². The van der Waals surface area contributed by atoms with E-state index in [9.17, 15) is 0 Å². The van der Waals surface area contributed by atoms with Crippen molar-refractivity contribution in [2.45, 2.75) is 71.3 Å². The summed E-state index contributed by atoms with van der Waals surface area (Å²) in [6.45, 7) is 8.41. The molecule has 1 heteroatoms. The molecule has 20 heavy (non-hydrogen) atoms. The van der Waals surface area contributed by atoms with Gasteiger partial charge in [0, 0.05) is 5.54 Å². The summed E-state index contributed by atoms with van der Waals surface area (Å²) < 4.78 is 0. The summed E-state index contributed by atoms with van der Waals surface area (Å²) in [5.74, 6) is 0. The van der Waals surface area contributed by atoms with Crippen molar-refractivity contribution in [3.8, 4) is 0 Å². The highest BCUT2D eigenvalue weighted by molar-refractivity contribution is 5.20. The van der Waals surface area contributed by atoms with Gasteiger partial charge in [-0.15, -0.1) is 0 Å². The third-order valence-electron chi connectivity index (χ3n) is 5.29. The Morgan fingerprint density at radius 1 is 1.10 bits per heavy atom. The fourth-order valence-corrected chi connectivity index (χ4v) is 3.77. The quantitative estimate of drug-likeness (QED) is 0.722. The molecule has 1 heterocycles. The van der Waals surface area contributed by atoms with E-state index in [1.54, 1.807) is 0 Å². The molecule has 1 atom stereocenters. The van der Waals surface area contributed by atoms with Gasteiger partial charge in [0.15, 0.2) is 0 Å². The zero-order valence-electron chi connectivity index (χ0n) is 13.5. The van der Waals surface area contributed by atoms with E-state index in [1.165, 1.54) is 57.1 Å². The Morgan fingerprint density at radius 2 is 1.85 bits per heavy atom. The summed E-state index contributed by atoms with van der Waals surface area (Å²) >= 11 is 0. The van der Waals surface area contributed by atoms with Gasteiger partial charge < -0.3 is 5.32 Å². The summed E-state index contributed by atoms with van der Waals surface area (Å²) in [7, 11) is 0. The average Bonchev–Trinajstić information content (AvgIpc) is 2.43. The van der Waals surface area contributed by atoms with Crippen LogP contribution in [0.2, 0.25) is 0 Å². The summed E-state index contributed by atoms with van der Waals surface area (Å²) in [5, 5.41) is 3.93. The third-order valence-corrected chi connectivity index (χ3v) is 5.29. The number of unbranched alkanes of at least 4 members (excludes halogenated alkanes) is 2. The predicted molar refractivity (Wildman–Crippen MR) is 88.0 cm³/mol. The Labute approximate surface area is 125 Å². The van der Waals surface area contributed by atoms with Crippen LogP contribution in [0.5, 0.6) is 0 Å². The van der Waals surface area contributed by atoms with E-state index in [0.29, 0.717) is 5.41 Å². The second kappa shape index (κ2) is 6.76. The maximum Gasteiger partial charge on any atom is 0.0272 e. The van der Waals surface area contributed by atoms with Gasteiger partial charge in [-0.25, -0.2) is 0 Å².